The molecule has 0 fully saturated rings. The van der Waals surface area contributed by atoms with E-state index < -0.39 is 5.41 Å². The molecule has 1 aliphatic carbocycles. The highest BCUT2D eigenvalue weighted by Crippen LogP contribution is 2.57. The highest BCUT2D eigenvalue weighted by Gasteiger charge is 2.46. The minimum absolute atomic E-state index is 0.433. The average Bonchev–Trinajstić information content (AvgIpc) is 3.56. The second kappa shape index (κ2) is 12.5. The quantitative estimate of drug-likeness (QED) is 0.171. The molecule has 9 aromatic carbocycles. The second-order valence-corrected chi connectivity index (χ2v) is 14.4. The van der Waals surface area contributed by atoms with Crippen molar-refractivity contribution >= 4 is 27.8 Å². The number of nitrogens with zero attached hydrogens (tertiary/aromatic N) is 1. The van der Waals surface area contributed by atoms with Gasteiger partial charge in [0.05, 0.1) is 5.41 Å². The second-order valence-electron chi connectivity index (χ2n) is 14.4. The Morgan fingerprint density at radius 3 is 1.65 bits per heavy atom. The lowest BCUT2D eigenvalue weighted by atomic mass is 9.68. The summed E-state index contributed by atoms with van der Waals surface area (Å²) in [4.78, 5) is 2.38. The zero-order valence-corrected chi connectivity index (χ0v) is 30.1. The minimum atomic E-state index is -0.433. The van der Waals surface area contributed by atoms with Crippen molar-refractivity contribution in [3.8, 4) is 44.9 Å². The summed E-state index contributed by atoms with van der Waals surface area (Å²) >= 11 is 0. The maximum atomic E-state index is 6.40. The van der Waals surface area contributed by atoms with Crippen molar-refractivity contribution < 1.29 is 4.74 Å². The molecule has 2 heteroatoms. The Balaban J connectivity index is 1.05. The van der Waals surface area contributed by atoms with Crippen molar-refractivity contribution in [1.29, 1.82) is 0 Å². The van der Waals surface area contributed by atoms with E-state index in [1.54, 1.807) is 0 Å². The van der Waals surface area contributed by atoms with E-state index in [9.17, 15) is 0 Å². The van der Waals surface area contributed by atoms with Crippen molar-refractivity contribution in [3.05, 3.63) is 235 Å². The highest BCUT2D eigenvalue weighted by molar-refractivity contribution is 6.10. The van der Waals surface area contributed by atoms with Gasteiger partial charge in [0, 0.05) is 28.0 Å². The predicted octanol–water partition coefficient (Wildman–Crippen LogP) is 14.1. The monoisotopic (exact) mass is 701 g/mol. The Labute approximate surface area is 321 Å². The predicted molar refractivity (Wildman–Crippen MR) is 227 cm³/mol. The van der Waals surface area contributed by atoms with Gasteiger partial charge in [-0.3, -0.25) is 0 Å². The lowest BCUT2D eigenvalue weighted by molar-refractivity contribution is 0.487. The first-order chi connectivity index (χ1) is 27.3. The summed E-state index contributed by atoms with van der Waals surface area (Å²) in [7, 11) is 0. The first kappa shape index (κ1) is 31.4. The summed E-state index contributed by atoms with van der Waals surface area (Å²) in [5.74, 6) is 1.81. The molecule has 0 aromatic heterocycles. The first-order valence-corrected chi connectivity index (χ1v) is 18.9. The van der Waals surface area contributed by atoms with Crippen LogP contribution in [0.5, 0.6) is 11.5 Å². The molecule has 0 saturated carbocycles. The lowest BCUT2D eigenvalue weighted by Crippen LogP contribution is -2.28. The van der Waals surface area contributed by atoms with Gasteiger partial charge >= 0.3 is 0 Å². The number of benzene rings is 9. The molecule has 2 aliphatic rings. The largest absolute Gasteiger partial charge is 0.456 e. The van der Waals surface area contributed by atoms with E-state index in [0.717, 1.165) is 45.1 Å². The highest BCUT2D eigenvalue weighted by atomic mass is 16.5. The molecule has 9 aromatic rings. The number of ether oxygens (including phenoxy) is 1. The summed E-state index contributed by atoms with van der Waals surface area (Å²) in [5, 5.41) is 2.35. The number of anilines is 3. The van der Waals surface area contributed by atoms with Crippen molar-refractivity contribution in [2.75, 3.05) is 4.90 Å². The van der Waals surface area contributed by atoms with Gasteiger partial charge in [0.25, 0.3) is 0 Å². The van der Waals surface area contributed by atoms with E-state index in [0.29, 0.717) is 0 Å². The third-order valence-corrected chi connectivity index (χ3v) is 11.6. The molecule has 0 N–H and O–H groups in total. The van der Waals surface area contributed by atoms with Gasteiger partial charge in [0.15, 0.2) is 0 Å². The average molecular weight is 702 g/mol. The molecule has 55 heavy (non-hydrogen) atoms. The summed E-state index contributed by atoms with van der Waals surface area (Å²) < 4.78 is 6.40. The number of rotatable bonds is 6. The van der Waals surface area contributed by atoms with Gasteiger partial charge in [-0.2, -0.15) is 0 Å². The van der Waals surface area contributed by atoms with Crippen LogP contribution in [0.1, 0.15) is 22.3 Å². The molecular weight excluding hydrogens is 667 g/mol. The van der Waals surface area contributed by atoms with Crippen molar-refractivity contribution in [2.24, 2.45) is 0 Å². The van der Waals surface area contributed by atoms with Crippen LogP contribution >= 0.6 is 0 Å². The van der Waals surface area contributed by atoms with E-state index in [4.69, 9.17) is 4.74 Å². The molecule has 2 nitrogen and oxygen atoms in total. The molecule has 0 bridgehead atoms. The standard InChI is InChI=1S/C53H35NO/c1-4-15-37(16-5-1)53(38-17-6-2-7-18-38)48-24-12-10-21-43(48)47-35-41(31-34-49(47)53)54(39-19-8-3-9-20-39)40-29-27-36(28-30-40)42-32-33-46-44-22-11-13-25-50(44)55-51-26-14-23-45(42)52(46)51/h1-35H. The van der Waals surface area contributed by atoms with Crippen molar-refractivity contribution in [2.45, 2.75) is 5.41 Å². The maximum absolute atomic E-state index is 6.40. The molecule has 0 spiro atoms. The van der Waals surface area contributed by atoms with E-state index in [2.05, 4.69) is 205 Å². The van der Waals surface area contributed by atoms with Gasteiger partial charge in [0.2, 0.25) is 0 Å². The molecule has 11 rings (SSSR count). The molecule has 0 amide bonds. The third kappa shape index (κ3) is 4.75. The van der Waals surface area contributed by atoms with Crippen molar-refractivity contribution in [3.63, 3.8) is 0 Å². The molecule has 0 unspecified atom stereocenters. The first-order valence-electron chi connectivity index (χ1n) is 18.9. The molecular formula is C53H35NO. The molecule has 0 radical (unpaired) electrons. The number of hydrogen-bond acceptors (Lipinski definition) is 2. The topological polar surface area (TPSA) is 12.5 Å². The summed E-state index contributed by atoms with van der Waals surface area (Å²) in [5.41, 5.74) is 15.3. The smallest absolute Gasteiger partial charge is 0.135 e. The summed E-state index contributed by atoms with van der Waals surface area (Å²) in [6, 6.07) is 76.9. The van der Waals surface area contributed by atoms with E-state index >= 15 is 0 Å². The minimum Gasteiger partial charge on any atom is -0.456 e. The Morgan fingerprint density at radius 2 is 0.909 bits per heavy atom. The van der Waals surface area contributed by atoms with Crippen LogP contribution in [0, 0.1) is 0 Å². The van der Waals surface area contributed by atoms with Crippen molar-refractivity contribution in [1.82, 2.24) is 0 Å². The Morgan fingerprint density at radius 1 is 0.345 bits per heavy atom. The Hall–Kier alpha value is -7.16. The van der Waals surface area contributed by atoms with Crippen LogP contribution in [0.4, 0.5) is 17.1 Å². The zero-order chi connectivity index (χ0) is 36.3. The fourth-order valence-electron chi connectivity index (χ4n) is 9.22. The number of fused-ring (bicyclic) bond motifs is 5. The molecule has 1 heterocycles. The van der Waals surface area contributed by atoms with Gasteiger partial charge in [-0.15, -0.1) is 0 Å². The normalized spacial score (nSPS) is 13.0. The van der Waals surface area contributed by atoms with Crippen LogP contribution in [-0.4, -0.2) is 0 Å². The zero-order valence-electron chi connectivity index (χ0n) is 30.1. The molecule has 1 aliphatic heterocycles. The summed E-state index contributed by atoms with van der Waals surface area (Å²) in [6.45, 7) is 0. The van der Waals surface area contributed by atoms with Gasteiger partial charge in [-0.1, -0.05) is 164 Å². The van der Waals surface area contributed by atoms with E-state index in [-0.39, 0.29) is 0 Å². The summed E-state index contributed by atoms with van der Waals surface area (Å²) in [6.07, 6.45) is 0. The van der Waals surface area contributed by atoms with Gasteiger partial charge in [0.1, 0.15) is 11.5 Å². The lowest BCUT2D eigenvalue weighted by Gasteiger charge is -2.34. The molecule has 0 saturated heterocycles. The Bertz CT molecular complexity index is 2840. The van der Waals surface area contributed by atoms with Gasteiger partial charge < -0.3 is 9.64 Å². The fourth-order valence-corrected chi connectivity index (χ4v) is 9.22. The number of hydrogen-bond donors (Lipinski definition) is 0. The van der Waals surface area contributed by atoms with Gasteiger partial charge in [-0.05, 0) is 104 Å². The van der Waals surface area contributed by atoms with Gasteiger partial charge in [-0.25, -0.2) is 0 Å². The fraction of sp³-hybridized carbons (Fsp3) is 0.0189. The van der Waals surface area contributed by atoms with Crippen LogP contribution in [0.25, 0.3) is 44.2 Å². The van der Waals surface area contributed by atoms with E-state index in [1.807, 2.05) is 12.1 Å². The number of para-hydroxylation sites is 2. The van der Waals surface area contributed by atoms with Crippen LogP contribution in [0.2, 0.25) is 0 Å². The van der Waals surface area contributed by atoms with Crippen LogP contribution in [0.15, 0.2) is 212 Å². The third-order valence-electron chi connectivity index (χ3n) is 11.6. The maximum Gasteiger partial charge on any atom is 0.135 e. The molecule has 0 atom stereocenters. The van der Waals surface area contributed by atoms with Crippen LogP contribution < -0.4 is 9.64 Å². The Kier molecular flexibility index (Phi) is 7.11. The van der Waals surface area contributed by atoms with Crippen LogP contribution in [0.3, 0.4) is 0 Å². The van der Waals surface area contributed by atoms with Crippen LogP contribution in [-0.2, 0) is 5.41 Å². The van der Waals surface area contributed by atoms with E-state index in [1.165, 1.54) is 49.9 Å². The SMILES string of the molecule is c1ccc(N(c2ccc(-c3ccc4c5c(cccc35)Oc3ccccc3-4)cc2)c2ccc3c(c2)-c2ccccc2C3(c2ccccc2)c2ccccc2)cc1. The molecule has 258 valence electrons.